The van der Waals surface area contributed by atoms with E-state index in [4.69, 9.17) is 4.74 Å². The van der Waals surface area contributed by atoms with Crippen LogP contribution in [0.1, 0.15) is 40.2 Å². The van der Waals surface area contributed by atoms with Crippen molar-refractivity contribution in [2.45, 2.75) is 53.3 Å². The van der Waals surface area contributed by atoms with Crippen molar-refractivity contribution in [3.63, 3.8) is 0 Å². The maximum absolute atomic E-state index is 13.2. The number of hydrogen-bond acceptors (Lipinski definition) is 3. The smallest absolute Gasteiger partial charge is 0.218 e. The quantitative estimate of drug-likeness (QED) is 0.846. The first-order chi connectivity index (χ1) is 8.40. The summed E-state index contributed by atoms with van der Waals surface area (Å²) >= 11 is 0. The van der Waals surface area contributed by atoms with Crippen LogP contribution >= 0.6 is 0 Å². The molecule has 1 aromatic rings. The number of ether oxygens (including phenoxy) is 1. The molecule has 1 aromatic heterocycles. The molecule has 0 aliphatic carbocycles. The molecule has 0 saturated carbocycles. The highest BCUT2D eigenvalue weighted by Gasteiger charge is 2.14. The predicted molar refractivity (Wildman–Crippen MR) is 71.1 cm³/mol. The van der Waals surface area contributed by atoms with Gasteiger partial charge in [-0.25, -0.2) is 9.37 Å². The Kier molecular flexibility index (Phi) is 5.54. The molecule has 1 atom stereocenters. The predicted octanol–water partition coefficient (Wildman–Crippen LogP) is 3.14. The van der Waals surface area contributed by atoms with Crippen LogP contribution < -0.4 is 10.1 Å². The molecule has 0 radical (unpaired) electrons. The van der Waals surface area contributed by atoms with Crippen molar-refractivity contribution in [2.75, 3.05) is 0 Å². The molecule has 0 aromatic carbocycles. The minimum Gasteiger partial charge on any atom is -0.474 e. The summed E-state index contributed by atoms with van der Waals surface area (Å²) in [5.41, 5.74) is 0.760. The fourth-order valence-electron chi connectivity index (χ4n) is 1.33. The van der Waals surface area contributed by atoms with Crippen molar-refractivity contribution in [2.24, 2.45) is 5.92 Å². The van der Waals surface area contributed by atoms with Gasteiger partial charge in [-0.15, -0.1) is 0 Å². The van der Waals surface area contributed by atoms with Gasteiger partial charge >= 0.3 is 0 Å². The normalized spacial score (nSPS) is 13.1. The van der Waals surface area contributed by atoms with E-state index >= 15 is 0 Å². The number of rotatable bonds is 6. The Balaban J connectivity index is 2.82. The van der Waals surface area contributed by atoms with Crippen LogP contribution in [0.3, 0.4) is 0 Å². The van der Waals surface area contributed by atoms with E-state index in [1.54, 1.807) is 0 Å². The highest BCUT2D eigenvalue weighted by molar-refractivity contribution is 5.26. The molecule has 0 aliphatic heterocycles. The van der Waals surface area contributed by atoms with Crippen molar-refractivity contribution in [3.8, 4) is 5.88 Å². The highest BCUT2D eigenvalue weighted by Crippen LogP contribution is 2.19. The minimum atomic E-state index is -0.333. The van der Waals surface area contributed by atoms with E-state index in [9.17, 15) is 4.39 Å². The lowest BCUT2D eigenvalue weighted by atomic mass is 10.1. The van der Waals surface area contributed by atoms with Gasteiger partial charge in [-0.3, -0.25) is 0 Å². The Morgan fingerprint density at radius 3 is 2.50 bits per heavy atom. The van der Waals surface area contributed by atoms with E-state index in [1.807, 2.05) is 20.8 Å². The van der Waals surface area contributed by atoms with Crippen LogP contribution in [-0.4, -0.2) is 17.1 Å². The van der Waals surface area contributed by atoms with Gasteiger partial charge in [0.05, 0.1) is 12.3 Å². The van der Waals surface area contributed by atoms with Gasteiger partial charge in [-0.1, -0.05) is 27.7 Å². The number of halogens is 1. The molecule has 102 valence electrons. The van der Waals surface area contributed by atoms with E-state index < -0.39 is 0 Å². The summed E-state index contributed by atoms with van der Waals surface area (Å²) in [4.78, 5) is 4.04. The zero-order valence-corrected chi connectivity index (χ0v) is 11.8. The summed E-state index contributed by atoms with van der Waals surface area (Å²) in [7, 11) is 0. The van der Waals surface area contributed by atoms with E-state index in [1.165, 1.54) is 12.3 Å². The first-order valence-corrected chi connectivity index (χ1v) is 6.44. The van der Waals surface area contributed by atoms with E-state index in [2.05, 4.69) is 24.1 Å². The average molecular weight is 254 g/mol. The third-order valence-electron chi connectivity index (χ3n) is 2.83. The van der Waals surface area contributed by atoms with Crippen LogP contribution in [0.2, 0.25) is 0 Å². The summed E-state index contributed by atoms with van der Waals surface area (Å²) < 4.78 is 19.0. The van der Waals surface area contributed by atoms with Gasteiger partial charge in [0.15, 0.2) is 0 Å². The standard InChI is InChI=1S/C14H23FN2O/c1-9(2)11(5)18-14-12(7-16-10(3)4)6-13(15)8-17-14/h6,8-11,16H,7H2,1-5H3. The molecule has 1 rings (SSSR count). The fraction of sp³-hybridized carbons (Fsp3) is 0.643. The Morgan fingerprint density at radius 2 is 1.94 bits per heavy atom. The summed E-state index contributed by atoms with van der Waals surface area (Å²) in [6.45, 7) is 10.8. The monoisotopic (exact) mass is 254 g/mol. The lowest BCUT2D eigenvalue weighted by Gasteiger charge is -2.19. The third kappa shape index (κ3) is 4.61. The van der Waals surface area contributed by atoms with Crippen LogP contribution in [0.15, 0.2) is 12.3 Å². The molecule has 0 amide bonds. The molecule has 1 N–H and O–H groups in total. The minimum absolute atomic E-state index is 0.0563. The van der Waals surface area contributed by atoms with Crippen molar-refractivity contribution >= 4 is 0 Å². The summed E-state index contributed by atoms with van der Waals surface area (Å²) in [6, 6.07) is 1.81. The molecule has 0 spiro atoms. The Hall–Kier alpha value is -1.16. The molecule has 0 aliphatic rings. The molecule has 0 saturated heterocycles. The Morgan fingerprint density at radius 1 is 1.28 bits per heavy atom. The molecule has 18 heavy (non-hydrogen) atoms. The lowest BCUT2D eigenvalue weighted by Crippen LogP contribution is -2.24. The van der Waals surface area contributed by atoms with Gasteiger partial charge in [0, 0.05) is 18.2 Å². The van der Waals surface area contributed by atoms with Gasteiger partial charge in [0.2, 0.25) is 5.88 Å². The average Bonchev–Trinajstić information content (AvgIpc) is 2.29. The molecule has 3 nitrogen and oxygen atoms in total. The molecule has 0 fully saturated rings. The summed E-state index contributed by atoms with van der Waals surface area (Å²) in [5.74, 6) is 0.577. The Labute approximate surface area is 109 Å². The SMILES string of the molecule is CC(C)NCc1cc(F)cnc1OC(C)C(C)C. The van der Waals surface area contributed by atoms with Crippen molar-refractivity contribution < 1.29 is 9.13 Å². The molecular formula is C14H23FN2O. The number of pyridine rings is 1. The zero-order valence-electron chi connectivity index (χ0n) is 11.8. The number of aromatic nitrogens is 1. The maximum atomic E-state index is 13.2. The van der Waals surface area contributed by atoms with E-state index in [0.29, 0.717) is 24.4 Å². The highest BCUT2D eigenvalue weighted by atomic mass is 19.1. The van der Waals surface area contributed by atoms with Crippen molar-refractivity contribution in [1.29, 1.82) is 0 Å². The maximum Gasteiger partial charge on any atom is 0.218 e. The lowest BCUT2D eigenvalue weighted by molar-refractivity contribution is 0.161. The van der Waals surface area contributed by atoms with Crippen molar-refractivity contribution in [3.05, 3.63) is 23.6 Å². The topological polar surface area (TPSA) is 34.2 Å². The molecule has 1 heterocycles. The van der Waals surface area contributed by atoms with Crippen molar-refractivity contribution in [1.82, 2.24) is 10.3 Å². The van der Waals surface area contributed by atoms with Crippen LogP contribution in [0.5, 0.6) is 5.88 Å². The number of nitrogens with zero attached hydrogens (tertiary/aromatic N) is 1. The van der Waals surface area contributed by atoms with Crippen LogP contribution in [0, 0.1) is 11.7 Å². The molecule has 1 unspecified atom stereocenters. The van der Waals surface area contributed by atoms with Crippen LogP contribution in [0.25, 0.3) is 0 Å². The number of hydrogen-bond donors (Lipinski definition) is 1. The van der Waals surface area contributed by atoms with Gasteiger partial charge in [0.1, 0.15) is 5.82 Å². The molecular weight excluding hydrogens is 231 g/mol. The second-order valence-corrected chi connectivity index (χ2v) is 5.22. The number of nitrogens with one attached hydrogen (secondary N) is 1. The summed E-state index contributed by atoms with van der Waals surface area (Å²) in [6.07, 6.45) is 1.25. The third-order valence-corrected chi connectivity index (χ3v) is 2.83. The van der Waals surface area contributed by atoms with Gasteiger partial charge in [0.25, 0.3) is 0 Å². The first-order valence-electron chi connectivity index (χ1n) is 6.44. The molecule has 4 heteroatoms. The second-order valence-electron chi connectivity index (χ2n) is 5.22. The summed E-state index contributed by atoms with van der Waals surface area (Å²) in [5, 5.41) is 3.25. The second kappa shape index (κ2) is 6.69. The zero-order chi connectivity index (χ0) is 13.7. The molecule has 0 bridgehead atoms. The largest absolute Gasteiger partial charge is 0.474 e. The van der Waals surface area contributed by atoms with E-state index in [0.717, 1.165) is 5.56 Å². The van der Waals surface area contributed by atoms with Gasteiger partial charge in [-0.2, -0.15) is 0 Å². The fourth-order valence-corrected chi connectivity index (χ4v) is 1.33. The van der Waals surface area contributed by atoms with Crippen LogP contribution in [0.4, 0.5) is 4.39 Å². The Bertz CT molecular complexity index is 380. The first kappa shape index (κ1) is 14.9. The van der Waals surface area contributed by atoms with E-state index in [-0.39, 0.29) is 11.9 Å². The van der Waals surface area contributed by atoms with Gasteiger partial charge in [-0.05, 0) is 18.9 Å². The van der Waals surface area contributed by atoms with Crippen LogP contribution in [-0.2, 0) is 6.54 Å². The van der Waals surface area contributed by atoms with Gasteiger partial charge < -0.3 is 10.1 Å².